The molecule has 0 radical (unpaired) electrons. The van der Waals surface area contributed by atoms with Crippen molar-refractivity contribution in [2.45, 2.75) is 43.4 Å². The molecule has 98 valence electrons. The van der Waals surface area contributed by atoms with Crippen LogP contribution in [-0.4, -0.2) is 69.5 Å². The van der Waals surface area contributed by atoms with Crippen LogP contribution in [0.15, 0.2) is 0 Å². The Labute approximate surface area is 96.3 Å². The molecule has 2 aliphatic heterocycles. The summed E-state index contributed by atoms with van der Waals surface area (Å²) in [5, 5.41) is 37.3. The largest absolute Gasteiger partial charge is 0.477 e. The van der Waals surface area contributed by atoms with Crippen molar-refractivity contribution in [3.8, 4) is 0 Å². The zero-order valence-electron chi connectivity index (χ0n) is 9.02. The van der Waals surface area contributed by atoms with Crippen LogP contribution < -0.4 is 0 Å². The number of carbonyl (C=O) groups is 1. The molecular weight excluding hydrogens is 236 g/mol. The van der Waals surface area contributed by atoms with Crippen molar-refractivity contribution in [1.29, 1.82) is 0 Å². The van der Waals surface area contributed by atoms with E-state index in [9.17, 15) is 20.1 Å². The van der Waals surface area contributed by atoms with Crippen LogP contribution in [-0.2, 0) is 19.0 Å². The summed E-state index contributed by atoms with van der Waals surface area (Å²) in [5.41, 5.74) is 0. The molecule has 2 fully saturated rings. The molecule has 17 heavy (non-hydrogen) atoms. The fourth-order valence-corrected chi connectivity index (χ4v) is 1.85. The third-order valence-electron chi connectivity index (χ3n) is 2.93. The second kappa shape index (κ2) is 4.16. The molecular formula is C9H14O8. The number of aliphatic hydroxyl groups excluding tert-OH is 3. The van der Waals surface area contributed by atoms with Gasteiger partial charge in [-0.3, -0.25) is 0 Å². The third-order valence-corrected chi connectivity index (χ3v) is 2.93. The molecule has 0 amide bonds. The molecule has 1 unspecified atom stereocenters. The summed E-state index contributed by atoms with van der Waals surface area (Å²) in [4.78, 5) is 10.9. The maximum absolute atomic E-state index is 10.9. The zero-order valence-corrected chi connectivity index (χ0v) is 9.02. The number of fused-ring (bicyclic) bond motifs is 1. The molecule has 0 bridgehead atoms. The third kappa shape index (κ3) is 2.03. The van der Waals surface area contributed by atoms with Gasteiger partial charge in [-0.15, -0.1) is 0 Å². The minimum atomic E-state index is -1.90. The van der Waals surface area contributed by atoms with Gasteiger partial charge < -0.3 is 34.6 Å². The molecule has 8 nitrogen and oxygen atoms in total. The topological polar surface area (TPSA) is 126 Å². The van der Waals surface area contributed by atoms with Crippen LogP contribution in [0.5, 0.6) is 0 Å². The smallest absolute Gasteiger partial charge is 0.364 e. The van der Waals surface area contributed by atoms with Crippen LogP contribution in [0.4, 0.5) is 0 Å². The van der Waals surface area contributed by atoms with Gasteiger partial charge in [-0.25, -0.2) is 4.79 Å². The molecule has 0 aliphatic carbocycles. The first kappa shape index (κ1) is 12.7. The first-order chi connectivity index (χ1) is 7.85. The average molecular weight is 250 g/mol. The van der Waals surface area contributed by atoms with E-state index >= 15 is 0 Å². The lowest BCUT2D eigenvalue weighted by molar-refractivity contribution is -0.373. The Balaban J connectivity index is 2.16. The van der Waals surface area contributed by atoms with Gasteiger partial charge in [0.25, 0.3) is 5.79 Å². The van der Waals surface area contributed by atoms with Crippen molar-refractivity contribution >= 4 is 5.97 Å². The van der Waals surface area contributed by atoms with Gasteiger partial charge in [0.15, 0.2) is 6.29 Å². The minimum Gasteiger partial charge on any atom is -0.477 e. The second-order valence-corrected chi connectivity index (χ2v) is 4.19. The number of carboxylic acids is 1. The van der Waals surface area contributed by atoms with E-state index in [1.54, 1.807) is 0 Å². The van der Waals surface area contributed by atoms with Gasteiger partial charge in [-0.05, 0) is 0 Å². The summed E-state index contributed by atoms with van der Waals surface area (Å²) >= 11 is 0. The summed E-state index contributed by atoms with van der Waals surface area (Å²) in [5.74, 6) is -3.24. The molecule has 2 heterocycles. The van der Waals surface area contributed by atoms with E-state index in [-0.39, 0.29) is 6.61 Å². The van der Waals surface area contributed by atoms with Crippen molar-refractivity contribution in [1.82, 2.24) is 0 Å². The first-order valence-corrected chi connectivity index (χ1v) is 5.10. The Kier molecular flexibility index (Phi) is 3.10. The van der Waals surface area contributed by atoms with Gasteiger partial charge in [0.05, 0.1) is 6.61 Å². The van der Waals surface area contributed by atoms with E-state index < -0.39 is 42.5 Å². The van der Waals surface area contributed by atoms with Crippen LogP contribution in [0.25, 0.3) is 0 Å². The highest BCUT2D eigenvalue weighted by atomic mass is 16.8. The molecule has 0 aromatic carbocycles. The van der Waals surface area contributed by atoms with E-state index in [4.69, 9.17) is 19.3 Å². The van der Waals surface area contributed by atoms with E-state index in [1.807, 2.05) is 0 Å². The van der Waals surface area contributed by atoms with Gasteiger partial charge in [0, 0.05) is 6.92 Å². The fourth-order valence-electron chi connectivity index (χ4n) is 1.85. The van der Waals surface area contributed by atoms with Gasteiger partial charge in [0.1, 0.15) is 24.4 Å². The number of aliphatic carboxylic acids is 1. The van der Waals surface area contributed by atoms with Gasteiger partial charge >= 0.3 is 5.97 Å². The lowest BCUT2D eigenvalue weighted by Crippen LogP contribution is -2.66. The van der Waals surface area contributed by atoms with E-state index in [2.05, 4.69) is 0 Å². The number of ether oxygens (including phenoxy) is 3. The molecule has 2 rings (SSSR count). The van der Waals surface area contributed by atoms with Crippen molar-refractivity contribution in [2.75, 3.05) is 6.61 Å². The molecule has 0 aromatic rings. The van der Waals surface area contributed by atoms with E-state index in [1.165, 1.54) is 6.92 Å². The molecule has 2 aliphatic rings. The Morgan fingerprint density at radius 1 is 1.29 bits per heavy atom. The average Bonchev–Trinajstić information content (AvgIpc) is 2.27. The number of hydrogen-bond acceptors (Lipinski definition) is 7. The second-order valence-electron chi connectivity index (χ2n) is 4.19. The fraction of sp³-hybridized carbons (Fsp3) is 0.889. The normalized spacial score (nSPS) is 50.7. The predicted octanol–water partition coefficient (Wildman–Crippen LogP) is -2.36. The summed E-state index contributed by atoms with van der Waals surface area (Å²) in [7, 11) is 0. The van der Waals surface area contributed by atoms with Crippen LogP contribution in [0.1, 0.15) is 6.92 Å². The van der Waals surface area contributed by atoms with Crippen LogP contribution >= 0.6 is 0 Å². The molecule has 0 aromatic heterocycles. The lowest BCUT2D eigenvalue weighted by atomic mass is 9.97. The molecule has 0 spiro atoms. The maximum Gasteiger partial charge on any atom is 0.364 e. The highest BCUT2D eigenvalue weighted by Gasteiger charge is 2.53. The Morgan fingerprint density at radius 3 is 2.53 bits per heavy atom. The highest BCUT2D eigenvalue weighted by Crippen LogP contribution is 2.32. The van der Waals surface area contributed by atoms with E-state index in [0.29, 0.717) is 0 Å². The molecule has 4 N–H and O–H groups in total. The monoisotopic (exact) mass is 250 g/mol. The first-order valence-electron chi connectivity index (χ1n) is 5.10. The van der Waals surface area contributed by atoms with Crippen molar-refractivity contribution in [2.24, 2.45) is 0 Å². The molecule has 0 saturated carbocycles. The standard InChI is InChI=1S/C9H14O8/c1-9(8(13)14)15-2-3-6(17-9)4(10)5(11)7(12)16-3/h3-7,10-12H,2H2,1H3,(H,13,14)/t3-,4-,5-,6-,7-,9?/m1/s1. The summed E-state index contributed by atoms with van der Waals surface area (Å²) in [6.45, 7) is 1.03. The number of rotatable bonds is 1. The summed E-state index contributed by atoms with van der Waals surface area (Å²) in [6, 6.07) is 0. The van der Waals surface area contributed by atoms with Crippen molar-refractivity contribution in [3.63, 3.8) is 0 Å². The minimum absolute atomic E-state index is 0.158. The molecule has 2 saturated heterocycles. The number of hydrogen-bond donors (Lipinski definition) is 4. The zero-order chi connectivity index (χ0) is 12.8. The Bertz CT molecular complexity index is 318. The maximum atomic E-state index is 10.9. The molecule has 8 heteroatoms. The van der Waals surface area contributed by atoms with Crippen molar-refractivity contribution in [3.05, 3.63) is 0 Å². The van der Waals surface area contributed by atoms with Crippen LogP contribution in [0.3, 0.4) is 0 Å². The highest BCUT2D eigenvalue weighted by molar-refractivity contribution is 5.75. The number of aliphatic hydroxyl groups is 3. The van der Waals surface area contributed by atoms with Gasteiger partial charge in [-0.2, -0.15) is 0 Å². The van der Waals surface area contributed by atoms with Gasteiger partial charge in [-0.1, -0.05) is 0 Å². The predicted molar refractivity (Wildman–Crippen MR) is 49.8 cm³/mol. The SMILES string of the molecule is CC1(C(=O)O)OC[C@H]2O[C@@H](O)[C@H](O)[C@@H](O)[C@@H]2O1. The summed E-state index contributed by atoms with van der Waals surface area (Å²) in [6.07, 6.45) is -6.43. The van der Waals surface area contributed by atoms with Crippen LogP contribution in [0, 0.1) is 0 Å². The van der Waals surface area contributed by atoms with E-state index in [0.717, 1.165) is 0 Å². The lowest BCUT2D eigenvalue weighted by Gasteiger charge is -2.47. The van der Waals surface area contributed by atoms with Crippen molar-refractivity contribution < 1.29 is 39.4 Å². The molecule has 6 atom stereocenters. The Morgan fingerprint density at radius 2 is 1.94 bits per heavy atom. The Hall–Kier alpha value is -0.770. The quantitative estimate of drug-likeness (QED) is 0.407. The summed E-state index contributed by atoms with van der Waals surface area (Å²) < 4.78 is 15.0. The van der Waals surface area contributed by atoms with Crippen LogP contribution in [0.2, 0.25) is 0 Å². The number of carboxylic acid groups (broad SMARTS) is 1. The van der Waals surface area contributed by atoms with Gasteiger partial charge in [0.2, 0.25) is 0 Å².